The third kappa shape index (κ3) is 2.58. The minimum atomic E-state index is -2.73. The van der Waals surface area contributed by atoms with Crippen LogP contribution in [0.1, 0.15) is 25.3 Å². The second-order valence-electron chi connectivity index (χ2n) is 7.89. The molecule has 0 bridgehead atoms. The quantitative estimate of drug-likeness (QED) is 0.441. The first-order chi connectivity index (χ1) is 13.2. The molecule has 5 rings (SSSR count). The zero-order valence-electron chi connectivity index (χ0n) is 15.8. The van der Waals surface area contributed by atoms with Gasteiger partial charge in [-0.05, 0) is 41.5 Å². The number of aryl methyl sites for hydroxylation is 1. The van der Waals surface area contributed by atoms with Crippen molar-refractivity contribution in [3.05, 3.63) is 54.1 Å². The monoisotopic (exact) mass is 396 g/mol. The molecule has 1 aliphatic heterocycles. The average Bonchev–Trinajstić information content (AvgIpc) is 3.29. The molecule has 0 unspecified atom stereocenters. The van der Waals surface area contributed by atoms with Crippen molar-refractivity contribution in [1.29, 1.82) is 0 Å². The van der Waals surface area contributed by atoms with E-state index in [0.717, 1.165) is 33.2 Å². The lowest BCUT2D eigenvalue weighted by atomic mass is 9.85. The van der Waals surface area contributed by atoms with E-state index in [1.807, 2.05) is 50.2 Å². The van der Waals surface area contributed by atoms with Crippen molar-refractivity contribution in [2.45, 2.75) is 31.1 Å². The molecule has 0 saturated heterocycles. The summed E-state index contributed by atoms with van der Waals surface area (Å²) in [6, 6.07) is 11.6. The molecule has 1 aliphatic rings. The second kappa shape index (κ2) is 5.70. The highest BCUT2D eigenvalue weighted by Crippen LogP contribution is 2.61. The highest BCUT2D eigenvalue weighted by molar-refractivity contribution is 8.24. The zero-order valence-corrected chi connectivity index (χ0v) is 16.6. The molecule has 144 valence electrons. The Hall–Kier alpha value is -2.61. The molecule has 0 radical (unpaired) electrons. The van der Waals surface area contributed by atoms with Gasteiger partial charge in [0.2, 0.25) is 11.8 Å². The van der Waals surface area contributed by atoms with Gasteiger partial charge in [-0.1, -0.05) is 19.9 Å². The fourth-order valence-electron chi connectivity index (χ4n) is 3.97. The first-order valence-corrected chi connectivity index (χ1v) is 10.7. The normalized spacial score (nSPS) is 18.3. The summed E-state index contributed by atoms with van der Waals surface area (Å²) in [5.41, 5.74) is 4.18. The maximum absolute atomic E-state index is 10.4. The van der Waals surface area contributed by atoms with E-state index in [0.29, 0.717) is 22.4 Å². The summed E-state index contributed by atoms with van der Waals surface area (Å²) in [7, 11) is -2.73. The Kier molecular flexibility index (Phi) is 3.56. The Bertz CT molecular complexity index is 1220. The molecule has 0 fully saturated rings. The van der Waals surface area contributed by atoms with Gasteiger partial charge in [-0.3, -0.25) is 9.11 Å². The van der Waals surface area contributed by atoms with Gasteiger partial charge in [-0.2, -0.15) is 10.6 Å². The highest BCUT2D eigenvalue weighted by Gasteiger charge is 2.40. The number of hydrogen-bond acceptors (Lipinski definition) is 6. The predicted molar refractivity (Wildman–Crippen MR) is 109 cm³/mol. The molecule has 2 aromatic heterocycles. The Morgan fingerprint density at radius 2 is 1.82 bits per heavy atom. The fraction of sp³-hybridized carbons (Fsp3) is 0.238. The Balaban J connectivity index is 1.66. The predicted octanol–water partition coefficient (Wildman–Crippen LogP) is 5.86. The topological polar surface area (TPSA) is 92.5 Å². The van der Waals surface area contributed by atoms with Crippen LogP contribution < -0.4 is 0 Å². The molecule has 4 aromatic rings. The van der Waals surface area contributed by atoms with Gasteiger partial charge in [-0.25, -0.2) is 0 Å². The van der Waals surface area contributed by atoms with Crippen LogP contribution in [0.4, 0.5) is 0 Å². The lowest BCUT2D eigenvalue weighted by molar-refractivity contribution is 0.481. The number of rotatable bonds is 2. The minimum absolute atomic E-state index is 0.295. The molecule has 0 spiro atoms. The molecule has 7 heteroatoms. The number of aromatic nitrogens is 2. The number of fused-ring (bicyclic) bond motifs is 2. The smallest absolute Gasteiger partial charge is 0.247 e. The molecular weight excluding hydrogens is 376 g/mol. The minimum Gasteiger partial charge on any atom is -0.464 e. The van der Waals surface area contributed by atoms with Gasteiger partial charge in [-0.15, -0.1) is 10.2 Å². The molecular formula is C21H20N2O4S. The number of nitrogens with zero attached hydrogens (tertiary/aromatic N) is 2. The van der Waals surface area contributed by atoms with Gasteiger partial charge in [0, 0.05) is 28.9 Å². The summed E-state index contributed by atoms with van der Waals surface area (Å²) >= 11 is 0. The fourth-order valence-corrected chi connectivity index (χ4v) is 6.26. The van der Waals surface area contributed by atoms with Gasteiger partial charge >= 0.3 is 0 Å². The van der Waals surface area contributed by atoms with Crippen LogP contribution in [0.2, 0.25) is 0 Å². The van der Waals surface area contributed by atoms with Crippen LogP contribution in [0.5, 0.6) is 0 Å². The summed E-state index contributed by atoms with van der Waals surface area (Å²) in [6.45, 7) is 5.84. The van der Waals surface area contributed by atoms with Gasteiger partial charge in [0.15, 0.2) is 0 Å². The van der Waals surface area contributed by atoms with E-state index in [9.17, 15) is 9.11 Å². The van der Waals surface area contributed by atoms with Crippen LogP contribution in [0.3, 0.4) is 0 Å². The van der Waals surface area contributed by atoms with Crippen molar-refractivity contribution in [3.63, 3.8) is 0 Å². The maximum Gasteiger partial charge on any atom is 0.247 e. The molecule has 0 amide bonds. The third-order valence-electron chi connectivity index (χ3n) is 5.28. The maximum atomic E-state index is 10.4. The summed E-state index contributed by atoms with van der Waals surface area (Å²) < 4.78 is 32.2. The van der Waals surface area contributed by atoms with Crippen LogP contribution >= 0.6 is 10.6 Å². The van der Waals surface area contributed by atoms with Crippen LogP contribution in [0.25, 0.3) is 33.6 Å². The first kappa shape index (κ1) is 17.5. The van der Waals surface area contributed by atoms with E-state index in [-0.39, 0.29) is 5.41 Å². The van der Waals surface area contributed by atoms with E-state index in [1.165, 1.54) is 0 Å². The molecule has 2 N–H and O–H groups in total. The van der Waals surface area contributed by atoms with Crippen LogP contribution in [-0.2, 0) is 5.41 Å². The van der Waals surface area contributed by atoms with Crippen molar-refractivity contribution < 1.29 is 17.9 Å². The van der Waals surface area contributed by atoms with Gasteiger partial charge in [0.25, 0.3) is 0 Å². The average molecular weight is 396 g/mol. The molecule has 2 aromatic carbocycles. The van der Waals surface area contributed by atoms with Crippen LogP contribution in [0, 0.1) is 6.92 Å². The molecule has 3 heterocycles. The van der Waals surface area contributed by atoms with Crippen LogP contribution in [0.15, 0.2) is 56.4 Å². The van der Waals surface area contributed by atoms with E-state index >= 15 is 0 Å². The molecule has 6 nitrogen and oxygen atoms in total. The lowest BCUT2D eigenvalue weighted by Crippen LogP contribution is -2.18. The lowest BCUT2D eigenvalue weighted by Gasteiger charge is -2.29. The number of benzene rings is 2. The van der Waals surface area contributed by atoms with Crippen molar-refractivity contribution in [2.24, 2.45) is 0 Å². The second-order valence-corrected chi connectivity index (χ2v) is 9.95. The van der Waals surface area contributed by atoms with E-state index in [4.69, 9.17) is 8.83 Å². The van der Waals surface area contributed by atoms with E-state index < -0.39 is 10.6 Å². The summed E-state index contributed by atoms with van der Waals surface area (Å²) in [5.74, 6) is 1.34. The standard InChI is InChI=1S/C21H20N2O4S/c1-12-22-23-20(27-12)14-4-6-18-15(8-14)16(10-26-18)13-5-7-19-17(9-13)21(2,3)11-28(19,24)25/h4-10,24-25H,11H2,1-3H3. The molecule has 0 saturated carbocycles. The Labute approximate surface area is 163 Å². The van der Waals surface area contributed by atoms with Crippen molar-refractivity contribution in [3.8, 4) is 22.6 Å². The molecule has 28 heavy (non-hydrogen) atoms. The zero-order chi connectivity index (χ0) is 19.7. The third-order valence-corrected chi connectivity index (χ3v) is 7.47. The van der Waals surface area contributed by atoms with Crippen molar-refractivity contribution >= 4 is 21.6 Å². The summed E-state index contributed by atoms with van der Waals surface area (Å²) in [6.07, 6.45) is 1.73. The molecule has 0 aliphatic carbocycles. The number of furan rings is 1. The Morgan fingerprint density at radius 3 is 2.57 bits per heavy atom. The Morgan fingerprint density at radius 1 is 1.04 bits per heavy atom. The van der Waals surface area contributed by atoms with Crippen LogP contribution in [-0.4, -0.2) is 25.1 Å². The molecule has 0 atom stereocenters. The van der Waals surface area contributed by atoms with Gasteiger partial charge < -0.3 is 8.83 Å². The first-order valence-electron chi connectivity index (χ1n) is 8.97. The van der Waals surface area contributed by atoms with Crippen molar-refractivity contribution in [2.75, 3.05) is 5.75 Å². The number of hydrogen-bond donors (Lipinski definition) is 2. The highest BCUT2D eigenvalue weighted by atomic mass is 32.3. The van der Waals surface area contributed by atoms with Gasteiger partial charge in [0.1, 0.15) is 5.58 Å². The SMILES string of the molecule is Cc1nnc(-c2ccc3occ(-c4ccc5c(c4)C(C)(C)CS5(O)O)c3c2)o1. The summed E-state index contributed by atoms with van der Waals surface area (Å²) in [4.78, 5) is 0.649. The largest absolute Gasteiger partial charge is 0.464 e. The summed E-state index contributed by atoms with van der Waals surface area (Å²) in [5, 5.41) is 8.93. The van der Waals surface area contributed by atoms with Crippen molar-refractivity contribution in [1.82, 2.24) is 10.2 Å². The van der Waals surface area contributed by atoms with E-state index in [2.05, 4.69) is 10.2 Å². The van der Waals surface area contributed by atoms with E-state index in [1.54, 1.807) is 13.2 Å². The van der Waals surface area contributed by atoms with Gasteiger partial charge in [0.05, 0.1) is 16.9 Å².